The first-order chi connectivity index (χ1) is 9.88. The predicted octanol–water partition coefficient (Wildman–Crippen LogP) is 5.16. The molecule has 0 aliphatic carbocycles. The average Bonchev–Trinajstić information content (AvgIpc) is 2.37. The minimum absolute atomic E-state index is 0.265. The number of rotatable bonds is 4. The molecule has 0 aliphatic rings. The Morgan fingerprint density at radius 1 is 1.10 bits per heavy atom. The lowest BCUT2D eigenvalue weighted by molar-refractivity contribution is 0.103. The topological polar surface area (TPSA) is 17.1 Å². The highest BCUT2D eigenvalue weighted by Gasteiger charge is 2.19. The van der Waals surface area contributed by atoms with Crippen LogP contribution in [0.4, 0.5) is 8.78 Å². The third-order valence-corrected chi connectivity index (χ3v) is 3.55. The highest BCUT2D eigenvalue weighted by molar-refractivity contribution is 9.10. The lowest BCUT2D eigenvalue weighted by Crippen LogP contribution is -2.08. The number of hydrogen-bond donors (Lipinski definition) is 0. The summed E-state index contributed by atoms with van der Waals surface area (Å²) in [7, 11) is 0. The van der Waals surface area contributed by atoms with E-state index in [1.54, 1.807) is 12.1 Å². The van der Waals surface area contributed by atoms with Crippen LogP contribution in [0, 0.1) is 17.6 Å². The molecule has 1 nitrogen and oxygen atoms in total. The van der Waals surface area contributed by atoms with Crippen molar-refractivity contribution in [1.29, 1.82) is 0 Å². The molecule has 0 amide bonds. The number of hydrogen-bond acceptors (Lipinski definition) is 1. The molecule has 21 heavy (non-hydrogen) atoms. The lowest BCUT2D eigenvalue weighted by atomic mass is 9.98. The first-order valence-electron chi connectivity index (χ1n) is 6.66. The van der Waals surface area contributed by atoms with Gasteiger partial charge in [-0.3, -0.25) is 4.79 Å². The van der Waals surface area contributed by atoms with Crippen LogP contribution >= 0.6 is 15.9 Å². The molecule has 2 rings (SSSR count). The summed E-state index contributed by atoms with van der Waals surface area (Å²) in [4.78, 5) is 12.2. The highest BCUT2D eigenvalue weighted by Crippen LogP contribution is 2.22. The summed E-state index contributed by atoms with van der Waals surface area (Å²) < 4.78 is 27.9. The minimum Gasteiger partial charge on any atom is -0.288 e. The maximum absolute atomic E-state index is 13.8. The van der Waals surface area contributed by atoms with Crippen LogP contribution in [-0.2, 0) is 6.42 Å². The molecule has 0 bridgehead atoms. The fourth-order valence-corrected chi connectivity index (χ4v) is 2.57. The molecule has 0 saturated heterocycles. The van der Waals surface area contributed by atoms with E-state index >= 15 is 0 Å². The van der Waals surface area contributed by atoms with E-state index in [-0.39, 0.29) is 10.0 Å². The van der Waals surface area contributed by atoms with E-state index in [9.17, 15) is 13.6 Å². The van der Waals surface area contributed by atoms with E-state index < -0.39 is 23.0 Å². The van der Waals surface area contributed by atoms with Gasteiger partial charge in [0.2, 0.25) is 0 Å². The van der Waals surface area contributed by atoms with Gasteiger partial charge in [-0.25, -0.2) is 8.78 Å². The second-order valence-corrected chi connectivity index (χ2v) is 6.28. The van der Waals surface area contributed by atoms with Crippen LogP contribution in [0.1, 0.15) is 35.3 Å². The van der Waals surface area contributed by atoms with Crippen molar-refractivity contribution in [3.63, 3.8) is 0 Å². The largest absolute Gasteiger partial charge is 0.288 e. The number of carbonyl (C=O) groups excluding carboxylic acids is 1. The van der Waals surface area contributed by atoms with E-state index in [0.29, 0.717) is 5.92 Å². The van der Waals surface area contributed by atoms with E-state index in [1.165, 1.54) is 0 Å². The second-order valence-electron chi connectivity index (χ2n) is 5.37. The predicted molar refractivity (Wildman–Crippen MR) is 82.5 cm³/mol. The summed E-state index contributed by atoms with van der Waals surface area (Å²) in [5.41, 5.74) is 0.857. The summed E-state index contributed by atoms with van der Waals surface area (Å²) in [6, 6.07) is 9.04. The summed E-state index contributed by atoms with van der Waals surface area (Å²) in [6.45, 7) is 4.21. The van der Waals surface area contributed by atoms with Gasteiger partial charge in [0.15, 0.2) is 5.78 Å². The molecule has 0 aromatic heterocycles. The van der Waals surface area contributed by atoms with Crippen molar-refractivity contribution in [1.82, 2.24) is 0 Å². The first kappa shape index (κ1) is 15.8. The summed E-state index contributed by atoms with van der Waals surface area (Å²) in [5, 5.41) is 0. The van der Waals surface area contributed by atoms with Gasteiger partial charge in [0.05, 0.1) is 5.56 Å². The Morgan fingerprint density at radius 2 is 1.62 bits per heavy atom. The van der Waals surface area contributed by atoms with Crippen LogP contribution in [0.2, 0.25) is 0 Å². The molecule has 0 atom stereocenters. The molecule has 4 heteroatoms. The van der Waals surface area contributed by atoms with Crippen LogP contribution in [0.3, 0.4) is 0 Å². The van der Waals surface area contributed by atoms with Crippen molar-refractivity contribution in [2.24, 2.45) is 5.92 Å². The van der Waals surface area contributed by atoms with Gasteiger partial charge in [-0.15, -0.1) is 0 Å². The minimum atomic E-state index is -0.863. The SMILES string of the molecule is CC(C)Cc1ccc(C(=O)c2c(F)cc(Br)cc2F)cc1. The van der Waals surface area contributed by atoms with Gasteiger partial charge in [0.25, 0.3) is 0 Å². The zero-order chi connectivity index (χ0) is 15.6. The van der Waals surface area contributed by atoms with Crippen molar-refractivity contribution in [2.75, 3.05) is 0 Å². The normalized spacial score (nSPS) is 11.0. The zero-order valence-electron chi connectivity index (χ0n) is 11.8. The van der Waals surface area contributed by atoms with Crippen LogP contribution in [0.25, 0.3) is 0 Å². The van der Waals surface area contributed by atoms with Gasteiger partial charge >= 0.3 is 0 Å². The number of halogens is 3. The first-order valence-corrected chi connectivity index (χ1v) is 7.46. The summed E-state index contributed by atoms with van der Waals surface area (Å²) in [5.74, 6) is -1.86. The van der Waals surface area contributed by atoms with Gasteiger partial charge in [-0.2, -0.15) is 0 Å². The molecule has 2 aromatic carbocycles. The quantitative estimate of drug-likeness (QED) is 0.694. The molecule has 110 valence electrons. The molecular weight excluding hydrogens is 338 g/mol. The molecule has 0 N–H and O–H groups in total. The molecule has 0 fully saturated rings. The fourth-order valence-electron chi connectivity index (χ4n) is 2.17. The monoisotopic (exact) mass is 352 g/mol. The molecular formula is C17H15BrF2O. The van der Waals surface area contributed by atoms with E-state index in [4.69, 9.17) is 0 Å². The number of ketones is 1. The van der Waals surface area contributed by atoms with Crippen molar-refractivity contribution in [3.8, 4) is 0 Å². The van der Waals surface area contributed by atoms with Crippen LogP contribution in [-0.4, -0.2) is 5.78 Å². The Labute approximate surface area is 131 Å². The Balaban J connectivity index is 2.32. The highest BCUT2D eigenvalue weighted by atomic mass is 79.9. The zero-order valence-corrected chi connectivity index (χ0v) is 13.4. The Hall–Kier alpha value is -1.55. The third kappa shape index (κ3) is 3.76. The van der Waals surface area contributed by atoms with Gasteiger partial charge in [-0.05, 0) is 30.0 Å². The van der Waals surface area contributed by atoms with Crippen molar-refractivity contribution in [3.05, 3.63) is 69.2 Å². The lowest BCUT2D eigenvalue weighted by Gasteiger charge is -2.08. The van der Waals surface area contributed by atoms with Gasteiger partial charge in [0, 0.05) is 10.0 Å². The van der Waals surface area contributed by atoms with Crippen molar-refractivity contribution in [2.45, 2.75) is 20.3 Å². The molecule has 0 radical (unpaired) electrons. The van der Waals surface area contributed by atoms with Crippen LogP contribution in [0.15, 0.2) is 40.9 Å². The van der Waals surface area contributed by atoms with Crippen LogP contribution in [0.5, 0.6) is 0 Å². The smallest absolute Gasteiger partial charge is 0.198 e. The van der Waals surface area contributed by atoms with E-state index in [1.807, 2.05) is 12.1 Å². The van der Waals surface area contributed by atoms with Gasteiger partial charge in [0.1, 0.15) is 11.6 Å². The molecule has 0 aliphatic heterocycles. The van der Waals surface area contributed by atoms with Crippen molar-refractivity contribution >= 4 is 21.7 Å². The Bertz CT molecular complexity index is 640. The average molecular weight is 353 g/mol. The van der Waals surface area contributed by atoms with Crippen LogP contribution < -0.4 is 0 Å². The number of carbonyl (C=O) groups is 1. The molecule has 2 aromatic rings. The fraction of sp³-hybridized carbons (Fsp3) is 0.235. The Morgan fingerprint density at radius 3 is 2.10 bits per heavy atom. The molecule has 0 saturated carbocycles. The second kappa shape index (κ2) is 6.48. The third-order valence-electron chi connectivity index (χ3n) is 3.09. The van der Waals surface area contributed by atoms with Crippen molar-refractivity contribution < 1.29 is 13.6 Å². The summed E-state index contributed by atoms with van der Waals surface area (Å²) in [6.07, 6.45) is 0.898. The maximum Gasteiger partial charge on any atom is 0.198 e. The maximum atomic E-state index is 13.8. The molecule has 0 unspecified atom stereocenters. The van der Waals surface area contributed by atoms with E-state index in [0.717, 1.165) is 24.1 Å². The number of benzene rings is 2. The Kier molecular flexibility index (Phi) is 4.88. The van der Waals surface area contributed by atoms with E-state index in [2.05, 4.69) is 29.8 Å². The van der Waals surface area contributed by atoms with Gasteiger partial charge < -0.3 is 0 Å². The summed E-state index contributed by atoms with van der Waals surface area (Å²) >= 11 is 2.99. The van der Waals surface area contributed by atoms with Gasteiger partial charge in [-0.1, -0.05) is 54.0 Å². The molecule has 0 spiro atoms. The standard InChI is InChI=1S/C17H15BrF2O/c1-10(2)7-11-3-5-12(6-4-11)17(21)16-14(19)8-13(18)9-15(16)20/h3-6,8-10H,7H2,1-2H3. The molecule has 0 heterocycles.